The molecule has 0 saturated heterocycles. The van der Waals surface area contributed by atoms with Crippen molar-refractivity contribution in [1.29, 1.82) is 0 Å². The lowest BCUT2D eigenvalue weighted by atomic mass is 10.1. The molecule has 0 aliphatic rings. The zero-order chi connectivity index (χ0) is 23.0. The van der Waals surface area contributed by atoms with Crippen LogP contribution in [-0.2, 0) is 16.1 Å². The molecule has 0 radical (unpaired) electrons. The third kappa shape index (κ3) is 7.25. The third-order valence-electron chi connectivity index (χ3n) is 5.23. The van der Waals surface area contributed by atoms with Gasteiger partial charge in [-0.3, -0.25) is 9.59 Å². The molecule has 0 aliphatic heterocycles. The fourth-order valence-electron chi connectivity index (χ4n) is 3.15. The molecule has 2 aromatic carbocycles. The number of hydrogen-bond donors (Lipinski definition) is 1. The molecule has 0 fully saturated rings. The van der Waals surface area contributed by atoms with Gasteiger partial charge in [-0.2, -0.15) is 0 Å². The number of ether oxygens (including phenoxy) is 1. The molecule has 0 aliphatic carbocycles. The maximum atomic E-state index is 13.2. The first-order valence-corrected chi connectivity index (χ1v) is 11.7. The van der Waals surface area contributed by atoms with Gasteiger partial charge in [0.2, 0.25) is 5.91 Å². The van der Waals surface area contributed by atoms with Gasteiger partial charge in [0.25, 0.3) is 5.91 Å². The van der Waals surface area contributed by atoms with Crippen molar-refractivity contribution < 1.29 is 14.3 Å². The summed E-state index contributed by atoms with van der Waals surface area (Å²) in [6, 6.07) is 12.5. The Hall–Kier alpha value is -2.05. The minimum Gasteiger partial charge on any atom is -0.482 e. The molecular weight excluding hydrogens is 480 g/mol. The average molecular weight is 510 g/mol. The molecule has 1 N–H and O–H groups in total. The minimum absolute atomic E-state index is 0.0368. The Balaban J connectivity index is 2.25. The van der Waals surface area contributed by atoms with E-state index in [0.29, 0.717) is 23.7 Å². The predicted octanol–water partition coefficient (Wildman–Crippen LogP) is 5.51. The molecule has 2 rings (SSSR count). The largest absolute Gasteiger partial charge is 0.482 e. The van der Waals surface area contributed by atoms with Crippen LogP contribution >= 0.6 is 27.5 Å². The summed E-state index contributed by atoms with van der Waals surface area (Å²) in [5.74, 6) is 0.0000110. The smallest absolute Gasteiger partial charge is 0.261 e. The van der Waals surface area contributed by atoms with Gasteiger partial charge >= 0.3 is 0 Å². The zero-order valence-corrected chi connectivity index (χ0v) is 20.8. The van der Waals surface area contributed by atoms with E-state index in [1.54, 1.807) is 23.1 Å². The summed E-state index contributed by atoms with van der Waals surface area (Å²) in [5.41, 5.74) is 2.06. The van der Waals surface area contributed by atoms with Crippen LogP contribution in [-0.4, -0.2) is 35.4 Å². The lowest BCUT2D eigenvalue weighted by molar-refractivity contribution is -0.143. The van der Waals surface area contributed by atoms with Crippen LogP contribution in [0.4, 0.5) is 0 Å². The van der Waals surface area contributed by atoms with Gasteiger partial charge in [0.15, 0.2) is 6.61 Å². The fraction of sp³-hybridized carbons (Fsp3) is 0.417. The Kier molecular flexibility index (Phi) is 9.85. The van der Waals surface area contributed by atoms with Gasteiger partial charge in [0.1, 0.15) is 11.8 Å². The Morgan fingerprint density at radius 2 is 1.87 bits per heavy atom. The highest BCUT2D eigenvalue weighted by Crippen LogP contribution is 2.28. The summed E-state index contributed by atoms with van der Waals surface area (Å²) in [5, 5.41) is 3.42. The number of aryl methyl sites for hydroxylation is 1. The molecule has 0 unspecified atom stereocenters. The first-order valence-electron chi connectivity index (χ1n) is 10.5. The SMILES string of the molecule is CC[C@@H](C)NC(=O)[C@H](CC)N(Cc1ccccc1C)C(=O)COc1ccc(Br)cc1Cl. The van der Waals surface area contributed by atoms with Crippen molar-refractivity contribution in [2.45, 2.75) is 59.2 Å². The molecule has 0 spiro atoms. The summed E-state index contributed by atoms with van der Waals surface area (Å²) >= 11 is 9.57. The standard InChI is InChI=1S/C24H30BrClN2O3/c1-5-17(4)27-24(30)21(6-2)28(14-18-10-8-7-9-16(18)3)23(29)15-31-22-12-11-19(25)13-20(22)26/h7-13,17,21H,5-6,14-15H2,1-4H3,(H,27,30)/t17-,21+/m1/s1. The van der Waals surface area contributed by atoms with E-state index >= 15 is 0 Å². The van der Waals surface area contributed by atoms with Crippen molar-refractivity contribution in [3.05, 3.63) is 63.1 Å². The van der Waals surface area contributed by atoms with E-state index in [2.05, 4.69) is 21.2 Å². The summed E-state index contributed by atoms with van der Waals surface area (Å²) in [4.78, 5) is 27.8. The van der Waals surface area contributed by atoms with Crippen molar-refractivity contribution in [3.63, 3.8) is 0 Å². The minimum atomic E-state index is -0.593. The molecule has 168 valence electrons. The van der Waals surface area contributed by atoms with Crippen LogP contribution in [0, 0.1) is 6.92 Å². The number of amides is 2. The van der Waals surface area contributed by atoms with E-state index in [1.807, 2.05) is 52.0 Å². The van der Waals surface area contributed by atoms with Gasteiger partial charge in [0.05, 0.1) is 5.02 Å². The molecule has 31 heavy (non-hydrogen) atoms. The molecule has 5 nitrogen and oxygen atoms in total. The Morgan fingerprint density at radius 1 is 1.16 bits per heavy atom. The van der Waals surface area contributed by atoms with Crippen LogP contribution < -0.4 is 10.1 Å². The van der Waals surface area contributed by atoms with E-state index in [4.69, 9.17) is 16.3 Å². The maximum absolute atomic E-state index is 13.2. The molecule has 0 aromatic heterocycles. The number of nitrogens with one attached hydrogen (secondary N) is 1. The highest BCUT2D eigenvalue weighted by Gasteiger charge is 2.29. The first kappa shape index (κ1) is 25.2. The number of benzene rings is 2. The van der Waals surface area contributed by atoms with Crippen molar-refractivity contribution in [3.8, 4) is 5.75 Å². The summed E-state index contributed by atoms with van der Waals surface area (Å²) in [7, 11) is 0. The van der Waals surface area contributed by atoms with Crippen LogP contribution in [0.2, 0.25) is 5.02 Å². The van der Waals surface area contributed by atoms with Crippen molar-refractivity contribution in [1.82, 2.24) is 10.2 Å². The lowest BCUT2D eigenvalue weighted by Gasteiger charge is -2.31. The van der Waals surface area contributed by atoms with E-state index in [-0.39, 0.29) is 24.5 Å². The Morgan fingerprint density at radius 3 is 2.48 bits per heavy atom. The second-order valence-electron chi connectivity index (χ2n) is 7.55. The molecule has 0 saturated carbocycles. The van der Waals surface area contributed by atoms with Crippen LogP contribution in [0.5, 0.6) is 5.75 Å². The zero-order valence-electron chi connectivity index (χ0n) is 18.5. The van der Waals surface area contributed by atoms with Gasteiger partial charge in [-0.1, -0.05) is 65.6 Å². The second-order valence-corrected chi connectivity index (χ2v) is 8.88. The monoisotopic (exact) mass is 508 g/mol. The number of carbonyl (C=O) groups excluding carboxylic acids is 2. The summed E-state index contributed by atoms with van der Waals surface area (Å²) in [6.45, 7) is 7.99. The third-order valence-corrected chi connectivity index (χ3v) is 6.02. The predicted molar refractivity (Wildman–Crippen MR) is 128 cm³/mol. The van der Waals surface area contributed by atoms with Crippen LogP contribution in [0.1, 0.15) is 44.7 Å². The second kappa shape index (κ2) is 12.1. The molecule has 0 heterocycles. The van der Waals surface area contributed by atoms with Gasteiger partial charge < -0.3 is 15.0 Å². The van der Waals surface area contributed by atoms with E-state index < -0.39 is 6.04 Å². The van der Waals surface area contributed by atoms with E-state index in [1.165, 1.54) is 0 Å². The van der Waals surface area contributed by atoms with Crippen LogP contribution in [0.3, 0.4) is 0 Å². The summed E-state index contributed by atoms with van der Waals surface area (Å²) < 4.78 is 6.53. The Labute approximate surface area is 198 Å². The molecule has 0 bridgehead atoms. The highest BCUT2D eigenvalue weighted by molar-refractivity contribution is 9.10. The summed E-state index contributed by atoms with van der Waals surface area (Å²) in [6.07, 6.45) is 1.32. The van der Waals surface area contributed by atoms with Gasteiger partial charge in [-0.05, 0) is 56.0 Å². The maximum Gasteiger partial charge on any atom is 0.261 e. The van der Waals surface area contributed by atoms with Crippen molar-refractivity contribution in [2.24, 2.45) is 0 Å². The van der Waals surface area contributed by atoms with Gasteiger partial charge in [-0.25, -0.2) is 0 Å². The number of hydrogen-bond acceptors (Lipinski definition) is 3. The number of nitrogens with zero attached hydrogens (tertiary/aromatic N) is 1. The molecule has 7 heteroatoms. The topological polar surface area (TPSA) is 58.6 Å². The molecule has 2 aromatic rings. The van der Waals surface area contributed by atoms with Gasteiger partial charge in [-0.15, -0.1) is 0 Å². The quantitative estimate of drug-likeness (QED) is 0.459. The Bertz CT molecular complexity index is 906. The number of carbonyl (C=O) groups is 2. The molecule has 2 amide bonds. The molecular formula is C24H30BrClN2O3. The molecule has 2 atom stereocenters. The van der Waals surface area contributed by atoms with E-state index in [0.717, 1.165) is 22.0 Å². The number of rotatable bonds is 10. The van der Waals surface area contributed by atoms with Crippen molar-refractivity contribution >= 4 is 39.3 Å². The highest BCUT2D eigenvalue weighted by atomic mass is 79.9. The number of halogens is 2. The van der Waals surface area contributed by atoms with Crippen LogP contribution in [0.15, 0.2) is 46.9 Å². The fourth-order valence-corrected chi connectivity index (χ4v) is 3.87. The van der Waals surface area contributed by atoms with Crippen molar-refractivity contribution in [2.75, 3.05) is 6.61 Å². The normalized spacial score (nSPS) is 12.7. The van der Waals surface area contributed by atoms with Gasteiger partial charge in [0, 0.05) is 17.1 Å². The lowest BCUT2D eigenvalue weighted by Crippen LogP contribution is -2.51. The van der Waals surface area contributed by atoms with Crippen LogP contribution in [0.25, 0.3) is 0 Å². The average Bonchev–Trinajstić information content (AvgIpc) is 2.74. The first-order chi connectivity index (χ1) is 14.8. The van der Waals surface area contributed by atoms with E-state index in [9.17, 15) is 9.59 Å².